The first-order chi connectivity index (χ1) is 15.0. The number of rotatable bonds is 7. The van der Waals surface area contributed by atoms with Crippen molar-refractivity contribution in [1.29, 1.82) is 0 Å². The van der Waals surface area contributed by atoms with E-state index in [1.54, 1.807) is 17.8 Å². The van der Waals surface area contributed by atoms with E-state index in [2.05, 4.69) is 11.9 Å². The molecule has 0 atom stereocenters. The Morgan fingerprint density at radius 1 is 1.13 bits per heavy atom. The van der Waals surface area contributed by atoms with Crippen LogP contribution in [0.25, 0.3) is 0 Å². The molecule has 0 bridgehead atoms. The number of piperidine rings is 1. The number of nitrogens with zero attached hydrogens (tertiary/aromatic N) is 1. The van der Waals surface area contributed by atoms with Gasteiger partial charge in [0, 0.05) is 29.7 Å². The molecular formula is C24H28N2O3S2. The Bertz CT molecular complexity index is 1070. The summed E-state index contributed by atoms with van der Waals surface area (Å²) in [6, 6.07) is 13.3. The van der Waals surface area contributed by atoms with Gasteiger partial charge in [-0.15, -0.1) is 18.3 Å². The second kappa shape index (κ2) is 9.59. The van der Waals surface area contributed by atoms with Crippen LogP contribution >= 0.6 is 11.8 Å². The molecule has 2 aliphatic rings. The molecule has 31 heavy (non-hydrogen) atoms. The SMILES string of the molecule is C=CCSc1ccccc1NC(=O)C1CCN(S(=O)(=O)c2ccc3c(c2)CCC3)CC1. The highest BCUT2D eigenvalue weighted by molar-refractivity contribution is 7.99. The first kappa shape index (κ1) is 22.1. The van der Waals surface area contributed by atoms with E-state index in [-0.39, 0.29) is 11.8 Å². The number of amides is 1. The third-order valence-electron chi connectivity index (χ3n) is 6.03. The van der Waals surface area contributed by atoms with Crippen LogP contribution in [0.15, 0.2) is 64.9 Å². The van der Waals surface area contributed by atoms with Gasteiger partial charge in [-0.1, -0.05) is 24.3 Å². The number of benzene rings is 2. The topological polar surface area (TPSA) is 66.5 Å². The lowest BCUT2D eigenvalue weighted by Crippen LogP contribution is -2.41. The summed E-state index contributed by atoms with van der Waals surface area (Å²) in [4.78, 5) is 14.2. The minimum Gasteiger partial charge on any atom is -0.325 e. The Labute approximate surface area is 189 Å². The van der Waals surface area contributed by atoms with E-state index in [0.29, 0.717) is 30.8 Å². The first-order valence-electron chi connectivity index (χ1n) is 10.7. The van der Waals surface area contributed by atoms with Gasteiger partial charge in [-0.25, -0.2) is 8.42 Å². The number of carbonyl (C=O) groups excluding carboxylic acids is 1. The first-order valence-corrected chi connectivity index (χ1v) is 13.2. The molecule has 2 aromatic rings. The van der Waals surface area contributed by atoms with E-state index in [0.717, 1.165) is 41.2 Å². The van der Waals surface area contributed by atoms with Crippen molar-refractivity contribution in [2.75, 3.05) is 24.2 Å². The number of thioether (sulfide) groups is 1. The Kier molecular flexibility index (Phi) is 6.84. The number of hydrogen-bond acceptors (Lipinski definition) is 4. The summed E-state index contributed by atoms with van der Waals surface area (Å²) in [5.41, 5.74) is 3.22. The number of fused-ring (bicyclic) bond motifs is 1. The Morgan fingerprint density at radius 3 is 2.65 bits per heavy atom. The number of nitrogens with one attached hydrogen (secondary N) is 1. The molecule has 0 saturated carbocycles. The molecule has 1 N–H and O–H groups in total. The van der Waals surface area contributed by atoms with Crippen LogP contribution in [-0.4, -0.2) is 37.5 Å². The zero-order valence-electron chi connectivity index (χ0n) is 17.5. The quantitative estimate of drug-likeness (QED) is 0.492. The fourth-order valence-electron chi connectivity index (χ4n) is 4.30. The fraction of sp³-hybridized carbons (Fsp3) is 0.375. The van der Waals surface area contributed by atoms with Gasteiger partial charge in [0.1, 0.15) is 0 Å². The normalized spacial score (nSPS) is 17.3. The molecule has 0 radical (unpaired) electrons. The molecule has 1 aliphatic carbocycles. The highest BCUT2D eigenvalue weighted by atomic mass is 32.2. The molecule has 0 unspecified atom stereocenters. The molecular weight excluding hydrogens is 428 g/mol. The minimum atomic E-state index is -3.52. The molecule has 4 rings (SSSR count). The van der Waals surface area contributed by atoms with Crippen molar-refractivity contribution < 1.29 is 13.2 Å². The molecule has 2 aromatic carbocycles. The summed E-state index contributed by atoms with van der Waals surface area (Å²) in [5.74, 6) is 0.538. The predicted molar refractivity (Wildman–Crippen MR) is 126 cm³/mol. The van der Waals surface area contributed by atoms with Crippen molar-refractivity contribution in [2.24, 2.45) is 5.92 Å². The van der Waals surface area contributed by atoms with Crippen molar-refractivity contribution in [2.45, 2.75) is 41.9 Å². The van der Waals surface area contributed by atoms with Crippen LogP contribution in [0, 0.1) is 5.92 Å². The van der Waals surface area contributed by atoms with Crippen LogP contribution in [0.3, 0.4) is 0 Å². The molecule has 5 nitrogen and oxygen atoms in total. The van der Waals surface area contributed by atoms with Gasteiger partial charge in [-0.3, -0.25) is 4.79 Å². The maximum Gasteiger partial charge on any atom is 0.243 e. The second-order valence-corrected chi connectivity index (χ2v) is 11.0. The highest BCUT2D eigenvalue weighted by Gasteiger charge is 2.32. The summed E-state index contributed by atoms with van der Waals surface area (Å²) in [7, 11) is -3.52. The van der Waals surface area contributed by atoms with E-state index >= 15 is 0 Å². The van der Waals surface area contributed by atoms with Crippen molar-refractivity contribution in [3.63, 3.8) is 0 Å². The second-order valence-electron chi connectivity index (χ2n) is 8.05. The van der Waals surface area contributed by atoms with E-state index in [1.807, 2.05) is 42.5 Å². The Hall–Kier alpha value is -2.09. The average Bonchev–Trinajstić information content (AvgIpc) is 3.26. The lowest BCUT2D eigenvalue weighted by Gasteiger charge is -2.30. The van der Waals surface area contributed by atoms with Gasteiger partial charge in [0.15, 0.2) is 0 Å². The monoisotopic (exact) mass is 456 g/mol. The van der Waals surface area contributed by atoms with Crippen LogP contribution in [0.1, 0.15) is 30.4 Å². The summed E-state index contributed by atoms with van der Waals surface area (Å²) in [6.07, 6.45) is 5.96. The number of anilines is 1. The lowest BCUT2D eigenvalue weighted by atomic mass is 9.97. The van der Waals surface area contributed by atoms with Crippen LogP contribution in [0.4, 0.5) is 5.69 Å². The molecule has 1 amide bonds. The van der Waals surface area contributed by atoms with Crippen LogP contribution < -0.4 is 5.32 Å². The van der Waals surface area contributed by atoms with Gasteiger partial charge in [0.25, 0.3) is 0 Å². The molecule has 1 aliphatic heterocycles. The van der Waals surface area contributed by atoms with Crippen molar-refractivity contribution in [3.8, 4) is 0 Å². The number of sulfonamides is 1. The third-order valence-corrected chi connectivity index (χ3v) is 9.00. The van der Waals surface area contributed by atoms with E-state index in [1.165, 1.54) is 9.87 Å². The third kappa shape index (κ3) is 4.89. The molecule has 1 fully saturated rings. The minimum absolute atomic E-state index is 0.0405. The highest BCUT2D eigenvalue weighted by Crippen LogP contribution is 2.30. The Balaban J connectivity index is 1.38. The van der Waals surface area contributed by atoms with Gasteiger partial charge in [0.2, 0.25) is 15.9 Å². The maximum atomic E-state index is 13.1. The van der Waals surface area contributed by atoms with Crippen LogP contribution in [0.5, 0.6) is 0 Å². The zero-order valence-corrected chi connectivity index (χ0v) is 19.2. The van der Waals surface area contributed by atoms with E-state index in [4.69, 9.17) is 0 Å². The average molecular weight is 457 g/mol. The summed E-state index contributed by atoms with van der Waals surface area (Å²) in [6.45, 7) is 4.47. The van der Waals surface area contributed by atoms with Crippen molar-refractivity contribution >= 4 is 33.4 Å². The Morgan fingerprint density at radius 2 is 1.87 bits per heavy atom. The summed E-state index contributed by atoms with van der Waals surface area (Å²) in [5, 5.41) is 3.04. The molecule has 164 valence electrons. The van der Waals surface area contributed by atoms with Gasteiger partial charge < -0.3 is 5.32 Å². The van der Waals surface area contributed by atoms with E-state index < -0.39 is 10.0 Å². The van der Waals surface area contributed by atoms with Crippen molar-refractivity contribution in [3.05, 3.63) is 66.2 Å². The summed E-state index contributed by atoms with van der Waals surface area (Å²) < 4.78 is 27.8. The van der Waals surface area contributed by atoms with Gasteiger partial charge >= 0.3 is 0 Å². The van der Waals surface area contributed by atoms with Crippen LogP contribution in [0.2, 0.25) is 0 Å². The number of hydrogen-bond donors (Lipinski definition) is 1. The number of aryl methyl sites for hydroxylation is 2. The van der Waals surface area contributed by atoms with Gasteiger partial charge in [0.05, 0.1) is 10.6 Å². The maximum absolute atomic E-state index is 13.1. The predicted octanol–water partition coefficient (Wildman–Crippen LogP) is 4.49. The standard InChI is InChI=1S/C24H28N2O3S2/c1-2-16-30-23-9-4-3-8-22(23)25-24(27)19-12-14-26(15-13-19)31(28,29)21-11-10-18-6-5-7-20(18)17-21/h2-4,8-11,17,19H,1,5-7,12-16H2,(H,25,27). The fourth-order valence-corrected chi connectivity index (χ4v) is 6.56. The molecule has 1 saturated heterocycles. The lowest BCUT2D eigenvalue weighted by molar-refractivity contribution is -0.120. The molecule has 0 spiro atoms. The van der Waals surface area contributed by atoms with Crippen LogP contribution in [-0.2, 0) is 27.7 Å². The number of carbonyl (C=O) groups is 1. The zero-order chi connectivity index (χ0) is 21.8. The molecule has 0 aromatic heterocycles. The molecule has 7 heteroatoms. The van der Waals surface area contributed by atoms with E-state index in [9.17, 15) is 13.2 Å². The summed E-state index contributed by atoms with van der Waals surface area (Å²) >= 11 is 1.63. The molecule has 1 heterocycles. The van der Waals surface area contributed by atoms with Gasteiger partial charge in [-0.05, 0) is 67.5 Å². The van der Waals surface area contributed by atoms with Gasteiger partial charge in [-0.2, -0.15) is 4.31 Å². The number of para-hydroxylation sites is 1. The smallest absolute Gasteiger partial charge is 0.243 e. The van der Waals surface area contributed by atoms with Crippen molar-refractivity contribution in [1.82, 2.24) is 4.31 Å². The largest absolute Gasteiger partial charge is 0.325 e.